The summed E-state index contributed by atoms with van der Waals surface area (Å²) in [5.74, 6) is 0.374. The highest BCUT2D eigenvalue weighted by Crippen LogP contribution is 2.22. The number of nitrogens with zero attached hydrogens (tertiary/aromatic N) is 1. The monoisotopic (exact) mass is 316 g/mol. The van der Waals surface area contributed by atoms with Crippen LogP contribution in [0.1, 0.15) is 5.56 Å². The molecule has 2 N–H and O–H groups in total. The Morgan fingerprint density at radius 1 is 1.14 bits per heavy atom. The Hall–Kier alpha value is -1.85. The molecule has 0 heterocycles. The normalized spacial score (nSPS) is 10.1. The van der Waals surface area contributed by atoms with E-state index in [-0.39, 0.29) is 5.91 Å². The van der Waals surface area contributed by atoms with Crippen molar-refractivity contribution >= 4 is 40.6 Å². The smallest absolute Gasteiger partial charge is 0.237 e. The summed E-state index contributed by atoms with van der Waals surface area (Å²) in [7, 11) is 1.74. The van der Waals surface area contributed by atoms with E-state index in [4.69, 9.17) is 18.0 Å². The van der Waals surface area contributed by atoms with Crippen molar-refractivity contribution in [3.05, 3.63) is 60.2 Å². The third-order valence-corrected chi connectivity index (χ3v) is 4.23. The van der Waals surface area contributed by atoms with E-state index in [0.717, 1.165) is 10.6 Å². The number of carbonyl (C=O) groups is 1. The van der Waals surface area contributed by atoms with Crippen LogP contribution in [0.4, 0.5) is 5.69 Å². The average Bonchev–Trinajstić information content (AvgIpc) is 2.52. The molecule has 0 atom stereocenters. The van der Waals surface area contributed by atoms with E-state index in [1.807, 2.05) is 54.6 Å². The lowest BCUT2D eigenvalue weighted by molar-refractivity contribution is -0.115. The summed E-state index contributed by atoms with van der Waals surface area (Å²) in [5, 5.41) is 0. The molecule has 21 heavy (non-hydrogen) atoms. The highest BCUT2D eigenvalue weighted by Gasteiger charge is 2.15. The first-order valence-corrected chi connectivity index (χ1v) is 7.82. The Morgan fingerprint density at radius 2 is 1.76 bits per heavy atom. The van der Waals surface area contributed by atoms with Gasteiger partial charge in [-0.2, -0.15) is 0 Å². The first kappa shape index (κ1) is 15.5. The van der Waals surface area contributed by atoms with Crippen LogP contribution in [0.25, 0.3) is 0 Å². The molecule has 0 aliphatic heterocycles. The van der Waals surface area contributed by atoms with Crippen LogP contribution < -0.4 is 10.6 Å². The van der Waals surface area contributed by atoms with Crippen LogP contribution in [-0.4, -0.2) is 23.7 Å². The van der Waals surface area contributed by atoms with Crippen LogP contribution in [0.3, 0.4) is 0 Å². The van der Waals surface area contributed by atoms with Crippen molar-refractivity contribution in [2.45, 2.75) is 4.90 Å². The number of benzene rings is 2. The van der Waals surface area contributed by atoms with E-state index in [1.54, 1.807) is 11.9 Å². The molecule has 0 fully saturated rings. The Labute approximate surface area is 134 Å². The summed E-state index contributed by atoms with van der Waals surface area (Å²) in [5.41, 5.74) is 7.16. The number of carbonyl (C=O) groups excluding carboxylic acids is 1. The summed E-state index contributed by atoms with van der Waals surface area (Å²) in [6.07, 6.45) is 0. The molecular weight excluding hydrogens is 300 g/mol. The first-order chi connectivity index (χ1) is 10.1. The van der Waals surface area contributed by atoms with E-state index in [9.17, 15) is 4.79 Å². The third-order valence-electron chi connectivity index (χ3n) is 3.01. The fourth-order valence-electron chi connectivity index (χ4n) is 1.87. The molecule has 0 radical (unpaired) electrons. The molecule has 0 aromatic heterocycles. The van der Waals surface area contributed by atoms with Gasteiger partial charge in [0.1, 0.15) is 4.99 Å². The molecule has 2 aromatic carbocycles. The third kappa shape index (κ3) is 4.06. The van der Waals surface area contributed by atoms with E-state index >= 15 is 0 Å². The quantitative estimate of drug-likeness (QED) is 0.680. The van der Waals surface area contributed by atoms with Gasteiger partial charge in [0.2, 0.25) is 5.91 Å². The number of hydrogen-bond acceptors (Lipinski definition) is 3. The average molecular weight is 316 g/mol. The lowest BCUT2D eigenvalue weighted by Crippen LogP contribution is -2.30. The van der Waals surface area contributed by atoms with Crippen molar-refractivity contribution in [1.82, 2.24) is 0 Å². The fourth-order valence-corrected chi connectivity index (χ4v) is 2.87. The number of hydrogen-bond donors (Lipinski definition) is 1. The van der Waals surface area contributed by atoms with Crippen molar-refractivity contribution in [3.8, 4) is 0 Å². The molecule has 2 aromatic rings. The minimum absolute atomic E-state index is 0.00699. The number of rotatable bonds is 5. The maximum atomic E-state index is 12.3. The maximum absolute atomic E-state index is 12.3. The van der Waals surface area contributed by atoms with Crippen LogP contribution in [0, 0.1) is 0 Å². The van der Waals surface area contributed by atoms with Crippen molar-refractivity contribution in [3.63, 3.8) is 0 Å². The Balaban J connectivity index is 2.08. The predicted molar refractivity (Wildman–Crippen MR) is 92.9 cm³/mol. The summed E-state index contributed by atoms with van der Waals surface area (Å²) in [6, 6.07) is 17.2. The zero-order valence-corrected chi connectivity index (χ0v) is 13.3. The van der Waals surface area contributed by atoms with E-state index in [0.29, 0.717) is 16.3 Å². The van der Waals surface area contributed by atoms with Gasteiger partial charge >= 0.3 is 0 Å². The molecule has 1 amide bonds. The Bertz CT molecular complexity index is 644. The van der Waals surface area contributed by atoms with Gasteiger partial charge in [-0.25, -0.2) is 0 Å². The number of amides is 1. The second-order valence-corrected chi connectivity index (χ2v) is 5.92. The zero-order chi connectivity index (χ0) is 15.2. The van der Waals surface area contributed by atoms with Crippen LogP contribution >= 0.6 is 24.0 Å². The minimum atomic E-state index is 0.00699. The fraction of sp³-hybridized carbons (Fsp3) is 0.125. The summed E-state index contributed by atoms with van der Waals surface area (Å²) in [6.45, 7) is 0. The van der Waals surface area contributed by atoms with Gasteiger partial charge in [0.15, 0.2) is 0 Å². The molecule has 0 saturated heterocycles. The highest BCUT2D eigenvalue weighted by atomic mass is 32.2. The van der Waals surface area contributed by atoms with E-state index in [1.165, 1.54) is 11.8 Å². The number of thiocarbonyl (C=S) groups is 1. The van der Waals surface area contributed by atoms with Crippen LogP contribution in [-0.2, 0) is 4.79 Å². The van der Waals surface area contributed by atoms with Gasteiger partial charge in [-0.15, -0.1) is 11.8 Å². The van der Waals surface area contributed by atoms with Crippen molar-refractivity contribution < 1.29 is 4.79 Å². The number of para-hydroxylation sites is 1. The zero-order valence-electron chi connectivity index (χ0n) is 11.7. The Morgan fingerprint density at radius 3 is 2.43 bits per heavy atom. The van der Waals surface area contributed by atoms with Gasteiger partial charge in [-0.3, -0.25) is 4.79 Å². The van der Waals surface area contributed by atoms with Gasteiger partial charge < -0.3 is 10.6 Å². The number of thioether (sulfide) groups is 1. The Kier molecular flexibility index (Phi) is 5.36. The largest absolute Gasteiger partial charge is 0.389 e. The second-order valence-electron chi connectivity index (χ2n) is 4.44. The topological polar surface area (TPSA) is 46.3 Å². The molecule has 5 heteroatoms. The molecule has 108 valence electrons. The maximum Gasteiger partial charge on any atom is 0.237 e. The lowest BCUT2D eigenvalue weighted by atomic mass is 10.1. The van der Waals surface area contributed by atoms with Gasteiger partial charge in [0.05, 0.1) is 11.4 Å². The SMILES string of the molecule is CN(C(=O)CSc1ccccc1)c1ccccc1C(N)=S. The molecule has 2 rings (SSSR count). The second kappa shape index (κ2) is 7.24. The number of anilines is 1. The summed E-state index contributed by atoms with van der Waals surface area (Å²) in [4.78, 5) is 15.3. The van der Waals surface area contributed by atoms with Gasteiger partial charge in [0, 0.05) is 17.5 Å². The van der Waals surface area contributed by atoms with Crippen LogP contribution in [0.2, 0.25) is 0 Å². The van der Waals surface area contributed by atoms with E-state index in [2.05, 4.69) is 0 Å². The molecule has 0 saturated carbocycles. The van der Waals surface area contributed by atoms with Gasteiger partial charge in [-0.05, 0) is 24.3 Å². The summed E-state index contributed by atoms with van der Waals surface area (Å²) >= 11 is 6.54. The molecule has 0 spiro atoms. The minimum Gasteiger partial charge on any atom is -0.389 e. The van der Waals surface area contributed by atoms with Crippen LogP contribution in [0.15, 0.2) is 59.5 Å². The number of nitrogens with two attached hydrogens (primary N) is 1. The summed E-state index contributed by atoms with van der Waals surface area (Å²) < 4.78 is 0. The lowest BCUT2D eigenvalue weighted by Gasteiger charge is -2.20. The predicted octanol–water partition coefficient (Wildman–Crippen LogP) is 3.08. The van der Waals surface area contributed by atoms with Gasteiger partial charge in [0.25, 0.3) is 0 Å². The first-order valence-electron chi connectivity index (χ1n) is 6.43. The van der Waals surface area contributed by atoms with Crippen molar-refractivity contribution in [2.75, 3.05) is 17.7 Å². The molecule has 3 nitrogen and oxygen atoms in total. The van der Waals surface area contributed by atoms with Crippen molar-refractivity contribution in [2.24, 2.45) is 5.73 Å². The standard InChI is InChI=1S/C16H16N2OS2/c1-18(14-10-6-5-9-13(14)16(17)20)15(19)11-21-12-7-3-2-4-8-12/h2-10H,11H2,1H3,(H2,17,20). The van der Waals surface area contributed by atoms with Crippen molar-refractivity contribution in [1.29, 1.82) is 0 Å². The molecular formula is C16H16N2OS2. The van der Waals surface area contributed by atoms with E-state index < -0.39 is 0 Å². The molecule has 0 aliphatic carbocycles. The molecule has 0 aliphatic rings. The van der Waals surface area contributed by atoms with Gasteiger partial charge in [-0.1, -0.05) is 42.5 Å². The molecule has 0 unspecified atom stereocenters. The van der Waals surface area contributed by atoms with Crippen LogP contribution in [0.5, 0.6) is 0 Å². The highest BCUT2D eigenvalue weighted by molar-refractivity contribution is 8.00. The molecule has 0 bridgehead atoms.